The van der Waals surface area contributed by atoms with E-state index in [-0.39, 0.29) is 12.2 Å². The fourth-order valence-electron chi connectivity index (χ4n) is 3.00. The lowest BCUT2D eigenvalue weighted by atomic mass is 10.0. The molecule has 0 atom stereocenters. The van der Waals surface area contributed by atoms with Crippen LogP contribution in [0.2, 0.25) is 0 Å². The molecule has 1 fully saturated rings. The topological polar surface area (TPSA) is 146 Å². The molecule has 2 amide bonds. The number of fused-ring (bicyclic) bond motifs is 1. The summed E-state index contributed by atoms with van der Waals surface area (Å²) in [6, 6.07) is 0. The summed E-state index contributed by atoms with van der Waals surface area (Å²) >= 11 is 0. The zero-order chi connectivity index (χ0) is 25.7. The third-order valence-corrected chi connectivity index (χ3v) is 4.72. The smallest absolute Gasteiger partial charge is 0.288 e. The van der Waals surface area contributed by atoms with Crippen LogP contribution in [0.1, 0.15) is 33.6 Å². The molecular weight excluding hydrogens is 434 g/mol. The van der Waals surface area contributed by atoms with Crippen LogP contribution in [0.4, 0.5) is 11.5 Å². The van der Waals surface area contributed by atoms with Crippen LogP contribution in [0.3, 0.4) is 0 Å². The van der Waals surface area contributed by atoms with E-state index in [1.54, 1.807) is 6.08 Å². The molecule has 0 radical (unpaired) electrons. The van der Waals surface area contributed by atoms with Gasteiger partial charge in [0.1, 0.15) is 5.82 Å². The number of piperidine rings is 1. The summed E-state index contributed by atoms with van der Waals surface area (Å²) in [6.07, 6.45) is 7.94. The number of nitrogens with one attached hydrogen (secondary N) is 3. The molecule has 0 aliphatic carbocycles. The minimum absolute atomic E-state index is 0.0520. The van der Waals surface area contributed by atoms with Gasteiger partial charge in [0, 0.05) is 18.7 Å². The maximum absolute atomic E-state index is 10.9. The number of carbonyl (C=O) groups excluding carboxylic acids is 3. The Morgan fingerprint density at radius 2 is 2.06 bits per heavy atom. The van der Waals surface area contributed by atoms with E-state index >= 15 is 0 Å². The molecule has 3 rings (SSSR count). The van der Waals surface area contributed by atoms with Gasteiger partial charge in [-0.15, -0.1) is 0 Å². The molecule has 2 aromatic heterocycles. The van der Waals surface area contributed by atoms with Crippen molar-refractivity contribution < 1.29 is 14.4 Å². The lowest BCUT2D eigenvalue weighted by molar-refractivity contribution is -0.127. The van der Waals surface area contributed by atoms with Crippen LogP contribution in [-0.2, 0) is 14.4 Å². The standard InChI is InChI=1S/C9H11NO.C8H7N5O2.C7H17N/c1-3-4-8-5-6-9(11)10-7(8)2;9-8-4-1-11-13-7(4)5(2-10-8)12-6(15)3-14;1-5-8(4)6-7(2)3/h3-4H,1-2,5-6H2,(H,10,11);1-3H,(H2,9,10)(H,11,13)(H,12,15);7H,5-6H2,1-4H3/b8-4-;;. The number of nitrogens with two attached hydrogens (primary N) is 1. The van der Waals surface area contributed by atoms with Gasteiger partial charge in [-0.05, 0) is 31.5 Å². The molecule has 0 spiro atoms. The Bertz CT molecular complexity index is 1040. The van der Waals surface area contributed by atoms with Gasteiger partial charge in [-0.2, -0.15) is 5.10 Å². The van der Waals surface area contributed by atoms with E-state index in [0.717, 1.165) is 24.5 Å². The molecule has 1 saturated heterocycles. The highest BCUT2D eigenvalue weighted by Crippen LogP contribution is 2.23. The monoisotopic (exact) mass is 469 g/mol. The maximum atomic E-state index is 10.9. The first-order valence-corrected chi connectivity index (χ1v) is 11.0. The van der Waals surface area contributed by atoms with E-state index in [1.165, 1.54) is 18.9 Å². The largest absolute Gasteiger partial charge is 0.383 e. The number of rotatable bonds is 6. The SMILES string of the molecule is C=C/C=C1/CCC(=O)NC1=C.CCN(C)CC(C)C.Nc1ncc(NC(=O)C=O)c2[nH]ncc12. The van der Waals surface area contributed by atoms with E-state index < -0.39 is 5.91 Å². The number of aromatic amines is 1. The van der Waals surface area contributed by atoms with Crippen molar-refractivity contribution in [1.29, 1.82) is 0 Å². The second-order valence-electron chi connectivity index (χ2n) is 8.03. The number of hydrogen-bond donors (Lipinski definition) is 4. The zero-order valence-electron chi connectivity index (χ0n) is 20.4. The third kappa shape index (κ3) is 9.37. The van der Waals surface area contributed by atoms with Crippen LogP contribution in [0, 0.1) is 5.92 Å². The van der Waals surface area contributed by atoms with Crippen molar-refractivity contribution in [2.45, 2.75) is 33.6 Å². The van der Waals surface area contributed by atoms with Crippen molar-refractivity contribution in [1.82, 2.24) is 25.4 Å². The van der Waals surface area contributed by atoms with Crippen molar-refractivity contribution in [3.05, 3.63) is 49.0 Å². The summed E-state index contributed by atoms with van der Waals surface area (Å²) in [4.78, 5) is 38.0. The van der Waals surface area contributed by atoms with Crippen molar-refractivity contribution in [2.24, 2.45) is 5.92 Å². The molecule has 10 nitrogen and oxygen atoms in total. The Morgan fingerprint density at radius 1 is 1.35 bits per heavy atom. The van der Waals surface area contributed by atoms with E-state index in [0.29, 0.717) is 34.5 Å². The first-order valence-electron chi connectivity index (χ1n) is 11.0. The van der Waals surface area contributed by atoms with Crippen molar-refractivity contribution in [2.75, 3.05) is 31.2 Å². The Morgan fingerprint density at radius 3 is 2.59 bits per heavy atom. The Labute approximate surface area is 200 Å². The number of carbonyl (C=O) groups is 3. The second kappa shape index (κ2) is 14.4. The molecule has 1 aliphatic heterocycles. The van der Waals surface area contributed by atoms with Gasteiger partial charge in [-0.1, -0.05) is 46.1 Å². The summed E-state index contributed by atoms with van der Waals surface area (Å²) in [5, 5.41) is 12.0. The molecule has 3 heterocycles. The molecule has 0 saturated carbocycles. The Kier molecular flexibility index (Phi) is 11.9. The number of H-pyrrole nitrogens is 1. The van der Waals surface area contributed by atoms with Gasteiger partial charge in [0.05, 0.1) is 29.0 Å². The number of allylic oxidation sites excluding steroid dienone is 3. The zero-order valence-corrected chi connectivity index (χ0v) is 20.4. The number of nitrogen functional groups attached to an aromatic ring is 1. The molecule has 10 heteroatoms. The normalized spacial score (nSPS) is 14.1. The van der Waals surface area contributed by atoms with Crippen molar-refractivity contribution >= 4 is 40.5 Å². The highest BCUT2D eigenvalue weighted by atomic mass is 16.2. The van der Waals surface area contributed by atoms with Crippen LogP contribution in [0.5, 0.6) is 0 Å². The summed E-state index contributed by atoms with van der Waals surface area (Å²) in [7, 11) is 2.15. The van der Waals surface area contributed by atoms with Gasteiger partial charge in [-0.3, -0.25) is 19.5 Å². The molecule has 5 N–H and O–H groups in total. The van der Waals surface area contributed by atoms with Crippen LogP contribution in [0.25, 0.3) is 10.9 Å². The van der Waals surface area contributed by atoms with Crippen LogP contribution < -0.4 is 16.4 Å². The average molecular weight is 470 g/mol. The third-order valence-electron chi connectivity index (χ3n) is 4.72. The predicted molar refractivity (Wildman–Crippen MR) is 136 cm³/mol. The molecule has 0 bridgehead atoms. The van der Waals surface area contributed by atoms with Crippen molar-refractivity contribution in [3.63, 3.8) is 0 Å². The highest BCUT2D eigenvalue weighted by molar-refractivity contribution is 6.30. The summed E-state index contributed by atoms with van der Waals surface area (Å²) in [5.74, 6) is 0.413. The van der Waals surface area contributed by atoms with E-state index in [1.807, 2.05) is 6.08 Å². The summed E-state index contributed by atoms with van der Waals surface area (Å²) < 4.78 is 0. The number of pyridine rings is 1. The van der Waals surface area contributed by atoms with Crippen molar-refractivity contribution in [3.8, 4) is 0 Å². The highest BCUT2D eigenvalue weighted by Gasteiger charge is 2.14. The maximum Gasteiger partial charge on any atom is 0.288 e. The fraction of sp³-hybridized carbons (Fsp3) is 0.375. The van der Waals surface area contributed by atoms with Gasteiger partial charge in [-0.25, -0.2) is 4.98 Å². The van der Waals surface area contributed by atoms with Crippen LogP contribution >= 0.6 is 0 Å². The summed E-state index contributed by atoms with van der Waals surface area (Å²) in [6.45, 7) is 16.3. The minimum atomic E-state index is -0.752. The summed E-state index contributed by atoms with van der Waals surface area (Å²) in [5.41, 5.74) is 8.27. The lowest BCUT2D eigenvalue weighted by Crippen LogP contribution is -2.27. The molecule has 184 valence electrons. The lowest BCUT2D eigenvalue weighted by Gasteiger charge is -2.17. The van der Waals surface area contributed by atoms with Gasteiger partial charge >= 0.3 is 0 Å². The Hall–Kier alpha value is -3.79. The van der Waals surface area contributed by atoms with Gasteiger partial charge in [0.25, 0.3) is 5.91 Å². The van der Waals surface area contributed by atoms with Gasteiger partial charge < -0.3 is 21.3 Å². The van der Waals surface area contributed by atoms with Crippen LogP contribution in [0.15, 0.2) is 49.0 Å². The minimum Gasteiger partial charge on any atom is -0.383 e. The molecular formula is C24H35N7O3. The molecule has 1 aliphatic rings. The number of nitrogens with zero attached hydrogens (tertiary/aromatic N) is 3. The fourth-order valence-corrected chi connectivity index (χ4v) is 3.00. The van der Waals surface area contributed by atoms with E-state index in [4.69, 9.17) is 5.73 Å². The van der Waals surface area contributed by atoms with Gasteiger partial charge in [0.15, 0.2) is 0 Å². The number of anilines is 2. The Balaban J connectivity index is 0.000000270. The number of aldehydes is 1. The quantitative estimate of drug-likeness (QED) is 0.376. The molecule has 34 heavy (non-hydrogen) atoms. The molecule has 0 aromatic carbocycles. The number of hydrogen-bond acceptors (Lipinski definition) is 7. The number of aromatic nitrogens is 3. The number of amides is 2. The average Bonchev–Trinajstić information content (AvgIpc) is 3.29. The first kappa shape index (κ1) is 28.2. The molecule has 0 unspecified atom stereocenters. The predicted octanol–water partition coefficient (Wildman–Crippen LogP) is 2.79. The van der Waals surface area contributed by atoms with Gasteiger partial charge in [0.2, 0.25) is 12.2 Å². The van der Waals surface area contributed by atoms with Crippen LogP contribution in [-0.4, -0.2) is 58.3 Å². The van der Waals surface area contributed by atoms with E-state index in [2.05, 4.69) is 71.7 Å². The second-order valence-corrected chi connectivity index (χ2v) is 8.03. The van der Waals surface area contributed by atoms with E-state index in [9.17, 15) is 14.4 Å². The first-order chi connectivity index (χ1) is 16.1. The molecule has 2 aromatic rings.